The van der Waals surface area contributed by atoms with Gasteiger partial charge >= 0.3 is 0 Å². The van der Waals surface area contributed by atoms with Gasteiger partial charge in [-0.3, -0.25) is 0 Å². The second-order valence-corrected chi connectivity index (χ2v) is 6.57. The van der Waals surface area contributed by atoms with Gasteiger partial charge in [-0.05, 0) is 29.8 Å². The maximum Gasteiger partial charge on any atom is 0.0722 e. The summed E-state index contributed by atoms with van der Waals surface area (Å²) in [6.07, 6.45) is 1.36. The molecule has 0 aliphatic rings. The third-order valence-electron chi connectivity index (χ3n) is 2.90. The van der Waals surface area contributed by atoms with Crippen molar-refractivity contribution in [2.75, 3.05) is 19.7 Å². The molecule has 1 heterocycles. The molecule has 1 aromatic rings. The van der Waals surface area contributed by atoms with Crippen molar-refractivity contribution in [1.82, 2.24) is 5.32 Å². The Labute approximate surface area is 116 Å². The molecule has 0 radical (unpaired) electrons. The molecule has 0 aromatic carbocycles. The standard InChI is InChI=1S/C15H27NOS/c1-12(2)10-16-11-15(13(3)4)17-8-7-14-6-5-9-18-14/h5-6,9,12-13,15-16H,7-8,10-11H2,1-4H3. The van der Waals surface area contributed by atoms with E-state index in [4.69, 9.17) is 4.74 Å². The molecule has 1 unspecified atom stereocenters. The Kier molecular flexibility index (Phi) is 7.56. The second-order valence-electron chi connectivity index (χ2n) is 5.53. The van der Waals surface area contributed by atoms with E-state index in [2.05, 4.69) is 50.5 Å². The molecule has 18 heavy (non-hydrogen) atoms. The molecule has 104 valence electrons. The molecule has 1 rings (SSSR count). The molecule has 0 spiro atoms. The van der Waals surface area contributed by atoms with Gasteiger partial charge < -0.3 is 10.1 Å². The van der Waals surface area contributed by atoms with Gasteiger partial charge in [-0.1, -0.05) is 33.8 Å². The maximum atomic E-state index is 6.00. The molecule has 2 nitrogen and oxygen atoms in total. The van der Waals surface area contributed by atoms with E-state index in [0.717, 1.165) is 26.1 Å². The zero-order chi connectivity index (χ0) is 13.4. The highest BCUT2D eigenvalue weighted by Gasteiger charge is 2.13. The van der Waals surface area contributed by atoms with Crippen LogP contribution in [0.3, 0.4) is 0 Å². The van der Waals surface area contributed by atoms with Gasteiger partial charge in [-0.15, -0.1) is 11.3 Å². The summed E-state index contributed by atoms with van der Waals surface area (Å²) >= 11 is 1.81. The average Bonchev–Trinajstić information content (AvgIpc) is 2.79. The van der Waals surface area contributed by atoms with E-state index in [1.54, 1.807) is 0 Å². The molecule has 1 atom stereocenters. The lowest BCUT2D eigenvalue weighted by Gasteiger charge is -2.22. The van der Waals surface area contributed by atoms with Crippen molar-refractivity contribution in [3.63, 3.8) is 0 Å². The normalized spacial score (nSPS) is 13.4. The number of rotatable bonds is 9. The van der Waals surface area contributed by atoms with Crippen LogP contribution in [-0.2, 0) is 11.2 Å². The summed E-state index contributed by atoms with van der Waals surface area (Å²) in [5.41, 5.74) is 0. The maximum absolute atomic E-state index is 6.00. The molecular formula is C15H27NOS. The van der Waals surface area contributed by atoms with Crippen molar-refractivity contribution in [2.45, 2.75) is 40.2 Å². The molecule has 0 fully saturated rings. The number of hydrogen-bond donors (Lipinski definition) is 1. The highest BCUT2D eigenvalue weighted by atomic mass is 32.1. The van der Waals surface area contributed by atoms with Crippen LogP contribution in [-0.4, -0.2) is 25.8 Å². The molecule has 1 aromatic heterocycles. The van der Waals surface area contributed by atoms with Gasteiger partial charge in [0.2, 0.25) is 0 Å². The first kappa shape index (κ1) is 15.7. The quantitative estimate of drug-likeness (QED) is 0.740. The van der Waals surface area contributed by atoms with E-state index in [0.29, 0.717) is 17.9 Å². The van der Waals surface area contributed by atoms with Gasteiger partial charge in [-0.2, -0.15) is 0 Å². The van der Waals surface area contributed by atoms with Gasteiger partial charge in [0.25, 0.3) is 0 Å². The summed E-state index contributed by atoms with van der Waals surface area (Å²) in [5, 5.41) is 5.61. The fourth-order valence-corrected chi connectivity index (χ4v) is 2.46. The molecule has 3 heteroatoms. The van der Waals surface area contributed by atoms with E-state index >= 15 is 0 Å². The Bertz CT molecular complexity index is 295. The first-order valence-corrected chi connectivity index (χ1v) is 7.82. The Morgan fingerprint density at radius 3 is 2.56 bits per heavy atom. The smallest absolute Gasteiger partial charge is 0.0722 e. The second kappa shape index (κ2) is 8.68. The zero-order valence-corrected chi connectivity index (χ0v) is 12.9. The van der Waals surface area contributed by atoms with Crippen LogP contribution in [0.4, 0.5) is 0 Å². The molecule has 0 aliphatic carbocycles. The number of thiophene rings is 1. The Hall–Kier alpha value is -0.380. The first-order valence-electron chi connectivity index (χ1n) is 6.94. The van der Waals surface area contributed by atoms with E-state index in [1.165, 1.54) is 4.88 Å². The summed E-state index contributed by atoms with van der Waals surface area (Å²) in [4.78, 5) is 1.41. The number of nitrogens with one attached hydrogen (secondary N) is 1. The zero-order valence-electron chi connectivity index (χ0n) is 12.1. The van der Waals surface area contributed by atoms with Crippen LogP contribution in [0.1, 0.15) is 32.6 Å². The largest absolute Gasteiger partial charge is 0.376 e. The van der Waals surface area contributed by atoms with Crippen molar-refractivity contribution < 1.29 is 4.74 Å². The van der Waals surface area contributed by atoms with Crippen LogP contribution >= 0.6 is 11.3 Å². The predicted octanol–water partition coefficient (Wildman–Crippen LogP) is 3.58. The minimum absolute atomic E-state index is 0.323. The third-order valence-corrected chi connectivity index (χ3v) is 3.84. The highest BCUT2D eigenvalue weighted by molar-refractivity contribution is 7.09. The Morgan fingerprint density at radius 1 is 1.22 bits per heavy atom. The molecule has 0 amide bonds. The molecular weight excluding hydrogens is 242 g/mol. The Morgan fingerprint density at radius 2 is 2.00 bits per heavy atom. The van der Waals surface area contributed by atoms with Crippen molar-refractivity contribution in [3.8, 4) is 0 Å². The van der Waals surface area contributed by atoms with E-state index < -0.39 is 0 Å². The molecule has 1 N–H and O–H groups in total. The number of ether oxygens (including phenoxy) is 1. The lowest BCUT2D eigenvalue weighted by Crippen LogP contribution is -2.35. The summed E-state index contributed by atoms with van der Waals surface area (Å²) in [6.45, 7) is 11.8. The van der Waals surface area contributed by atoms with Crippen LogP contribution < -0.4 is 5.32 Å². The molecule has 0 bridgehead atoms. The number of hydrogen-bond acceptors (Lipinski definition) is 3. The topological polar surface area (TPSA) is 21.3 Å². The summed E-state index contributed by atoms with van der Waals surface area (Å²) in [7, 11) is 0. The van der Waals surface area contributed by atoms with E-state index in [-0.39, 0.29) is 0 Å². The molecule has 0 saturated carbocycles. The minimum Gasteiger partial charge on any atom is -0.376 e. The van der Waals surface area contributed by atoms with Crippen LogP contribution in [0.25, 0.3) is 0 Å². The minimum atomic E-state index is 0.323. The van der Waals surface area contributed by atoms with Crippen molar-refractivity contribution >= 4 is 11.3 Å². The third kappa shape index (κ3) is 6.53. The average molecular weight is 269 g/mol. The van der Waals surface area contributed by atoms with Crippen molar-refractivity contribution in [1.29, 1.82) is 0 Å². The lowest BCUT2D eigenvalue weighted by molar-refractivity contribution is 0.0247. The van der Waals surface area contributed by atoms with Gasteiger partial charge in [0.15, 0.2) is 0 Å². The van der Waals surface area contributed by atoms with Crippen LogP contribution in [0.5, 0.6) is 0 Å². The van der Waals surface area contributed by atoms with Crippen molar-refractivity contribution in [2.24, 2.45) is 11.8 Å². The van der Waals surface area contributed by atoms with Gasteiger partial charge in [0.05, 0.1) is 12.7 Å². The van der Waals surface area contributed by atoms with Crippen LogP contribution in [0.2, 0.25) is 0 Å². The van der Waals surface area contributed by atoms with Gasteiger partial charge in [0.1, 0.15) is 0 Å². The fourth-order valence-electron chi connectivity index (χ4n) is 1.77. The predicted molar refractivity (Wildman–Crippen MR) is 80.3 cm³/mol. The van der Waals surface area contributed by atoms with Crippen LogP contribution in [0, 0.1) is 11.8 Å². The molecule has 0 saturated heterocycles. The van der Waals surface area contributed by atoms with E-state index in [9.17, 15) is 0 Å². The SMILES string of the molecule is CC(C)CNCC(OCCc1cccs1)C(C)C. The summed E-state index contributed by atoms with van der Waals surface area (Å²) < 4.78 is 6.00. The summed E-state index contributed by atoms with van der Waals surface area (Å²) in [5.74, 6) is 1.26. The van der Waals surface area contributed by atoms with E-state index in [1.807, 2.05) is 11.3 Å². The highest BCUT2D eigenvalue weighted by Crippen LogP contribution is 2.11. The van der Waals surface area contributed by atoms with Crippen molar-refractivity contribution in [3.05, 3.63) is 22.4 Å². The fraction of sp³-hybridized carbons (Fsp3) is 0.733. The summed E-state index contributed by atoms with van der Waals surface area (Å²) in [6, 6.07) is 4.28. The lowest BCUT2D eigenvalue weighted by atomic mass is 10.1. The monoisotopic (exact) mass is 269 g/mol. The van der Waals surface area contributed by atoms with Gasteiger partial charge in [-0.25, -0.2) is 0 Å². The molecule has 0 aliphatic heterocycles. The Balaban J connectivity index is 2.20. The van der Waals surface area contributed by atoms with Gasteiger partial charge in [0, 0.05) is 17.8 Å². The van der Waals surface area contributed by atoms with Crippen LogP contribution in [0.15, 0.2) is 17.5 Å². The first-order chi connectivity index (χ1) is 8.59.